The maximum atomic E-state index is 12.1. The van der Waals surface area contributed by atoms with Crippen molar-refractivity contribution in [1.29, 1.82) is 0 Å². The Kier molecular flexibility index (Phi) is 3.40. The monoisotopic (exact) mass is 345 g/mol. The third-order valence-corrected chi connectivity index (χ3v) is 6.38. The maximum Gasteiger partial charge on any atom is 0.263 e. The van der Waals surface area contributed by atoms with Crippen LogP contribution >= 0.6 is 35.6 Å². The molecule has 1 fully saturated rings. The van der Waals surface area contributed by atoms with Crippen molar-refractivity contribution in [2.24, 2.45) is 0 Å². The van der Waals surface area contributed by atoms with Crippen LogP contribution in [-0.2, 0) is 14.6 Å². The van der Waals surface area contributed by atoms with E-state index >= 15 is 0 Å². The molecule has 8 heteroatoms. The van der Waals surface area contributed by atoms with E-state index in [0.717, 1.165) is 0 Å². The van der Waals surface area contributed by atoms with Crippen molar-refractivity contribution >= 4 is 61.2 Å². The molecule has 0 bridgehead atoms. The predicted molar refractivity (Wildman–Crippen MR) is 83.4 cm³/mol. The lowest BCUT2D eigenvalue weighted by atomic mass is 10.0. The standard InChI is InChI=1S/C12H8ClNO3S3/c13-6-1-2-7-8(10-11(15)14-12(18)19-10)3-4-20(16,17)9(7)5-6/h1-2,5H,3-4H2,(H,14,15,18)/b10-8-. The van der Waals surface area contributed by atoms with Crippen molar-refractivity contribution < 1.29 is 13.2 Å². The van der Waals surface area contributed by atoms with E-state index in [1.54, 1.807) is 12.1 Å². The van der Waals surface area contributed by atoms with Crippen LogP contribution < -0.4 is 5.32 Å². The third-order valence-electron chi connectivity index (χ3n) is 3.12. The first-order valence-corrected chi connectivity index (χ1v) is 8.93. The zero-order valence-electron chi connectivity index (χ0n) is 9.97. The molecule has 2 aliphatic rings. The number of halogens is 1. The second-order valence-electron chi connectivity index (χ2n) is 4.36. The van der Waals surface area contributed by atoms with Gasteiger partial charge < -0.3 is 5.32 Å². The van der Waals surface area contributed by atoms with Gasteiger partial charge in [-0.15, -0.1) is 0 Å². The van der Waals surface area contributed by atoms with Gasteiger partial charge in [0.1, 0.15) is 4.32 Å². The normalized spacial score (nSPS) is 24.4. The maximum absolute atomic E-state index is 12.1. The molecule has 1 aromatic carbocycles. The number of allylic oxidation sites excluding steroid dienone is 1. The number of sulfone groups is 1. The number of amides is 1. The smallest absolute Gasteiger partial charge is 0.263 e. The Hall–Kier alpha value is -0.890. The number of rotatable bonds is 0. The molecule has 0 spiro atoms. The molecular weight excluding hydrogens is 338 g/mol. The van der Waals surface area contributed by atoms with Crippen LogP contribution in [0.2, 0.25) is 5.02 Å². The van der Waals surface area contributed by atoms with Gasteiger partial charge in [0.2, 0.25) is 0 Å². The van der Waals surface area contributed by atoms with E-state index in [2.05, 4.69) is 5.32 Å². The molecular formula is C12H8ClNO3S3. The van der Waals surface area contributed by atoms with Crippen molar-refractivity contribution in [2.75, 3.05) is 5.75 Å². The van der Waals surface area contributed by atoms with Crippen molar-refractivity contribution in [1.82, 2.24) is 5.32 Å². The molecule has 2 aliphatic heterocycles. The summed E-state index contributed by atoms with van der Waals surface area (Å²) in [7, 11) is -3.35. The van der Waals surface area contributed by atoms with Crippen molar-refractivity contribution in [2.45, 2.75) is 11.3 Å². The Balaban J connectivity index is 2.26. The first kappa shape index (κ1) is 14.1. The highest BCUT2D eigenvalue weighted by Gasteiger charge is 2.33. The zero-order valence-corrected chi connectivity index (χ0v) is 13.2. The van der Waals surface area contributed by atoms with Crippen LogP contribution in [0.5, 0.6) is 0 Å². The lowest BCUT2D eigenvalue weighted by molar-refractivity contribution is -0.115. The minimum absolute atomic E-state index is 0.0280. The van der Waals surface area contributed by atoms with E-state index in [-0.39, 0.29) is 16.6 Å². The van der Waals surface area contributed by atoms with Crippen LogP contribution in [0.4, 0.5) is 0 Å². The average Bonchev–Trinajstić information content (AvgIpc) is 2.69. The van der Waals surface area contributed by atoms with Gasteiger partial charge in [0, 0.05) is 5.02 Å². The molecule has 3 rings (SSSR count). The number of nitrogens with one attached hydrogen (secondary N) is 1. The second kappa shape index (κ2) is 4.84. The highest BCUT2D eigenvalue weighted by Crippen LogP contribution is 2.40. The predicted octanol–water partition coefficient (Wildman–Crippen LogP) is 2.38. The Morgan fingerprint density at radius 3 is 2.75 bits per heavy atom. The molecule has 0 unspecified atom stereocenters. The molecule has 1 amide bonds. The van der Waals surface area contributed by atoms with Gasteiger partial charge in [-0.05, 0) is 29.7 Å². The summed E-state index contributed by atoms with van der Waals surface area (Å²) in [6.45, 7) is 0. The average molecular weight is 346 g/mol. The first-order valence-electron chi connectivity index (χ1n) is 5.67. The fourth-order valence-corrected chi connectivity index (χ4v) is 5.15. The molecule has 2 heterocycles. The van der Waals surface area contributed by atoms with Crippen LogP contribution in [0.15, 0.2) is 28.0 Å². The molecule has 0 aromatic heterocycles. The van der Waals surface area contributed by atoms with E-state index in [1.165, 1.54) is 17.8 Å². The van der Waals surface area contributed by atoms with Crippen LogP contribution in [0.25, 0.3) is 5.57 Å². The Morgan fingerprint density at radius 2 is 2.10 bits per heavy atom. The minimum atomic E-state index is -3.35. The highest BCUT2D eigenvalue weighted by molar-refractivity contribution is 8.26. The Morgan fingerprint density at radius 1 is 1.35 bits per heavy atom. The summed E-state index contributed by atoms with van der Waals surface area (Å²) in [5.41, 5.74) is 1.26. The van der Waals surface area contributed by atoms with Crippen LogP contribution in [0, 0.1) is 0 Å². The molecule has 0 radical (unpaired) electrons. The minimum Gasteiger partial charge on any atom is -0.307 e. The third kappa shape index (κ3) is 2.28. The second-order valence-corrected chi connectivity index (χ2v) is 8.56. The summed E-state index contributed by atoms with van der Waals surface area (Å²) in [6, 6.07) is 4.70. The molecule has 0 saturated carbocycles. The van der Waals surface area contributed by atoms with E-state index in [0.29, 0.717) is 31.8 Å². The number of hydrogen-bond acceptors (Lipinski definition) is 5. The van der Waals surface area contributed by atoms with Gasteiger partial charge in [0.25, 0.3) is 5.91 Å². The number of benzene rings is 1. The van der Waals surface area contributed by atoms with Gasteiger partial charge in [-0.25, -0.2) is 8.42 Å². The number of hydrogen-bond donors (Lipinski definition) is 1. The zero-order chi connectivity index (χ0) is 14.5. The van der Waals surface area contributed by atoms with Crippen LogP contribution in [-0.4, -0.2) is 24.4 Å². The summed E-state index contributed by atoms with van der Waals surface area (Å²) in [4.78, 5) is 12.5. The van der Waals surface area contributed by atoms with Gasteiger partial charge in [-0.3, -0.25) is 4.79 Å². The molecule has 104 valence electrons. The fourth-order valence-electron chi connectivity index (χ4n) is 2.23. The molecule has 4 nitrogen and oxygen atoms in total. The molecule has 20 heavy (non-hydrogen) atoms. The molecule has 1 aromatic rings. The number of carbonyl (C=O) groups excluding carboxylic acids is 1. The molecule has 1 N–H and O–H groups in total. The first-order chi connectivity index (χ1) is 9.38. The van der Waals surface area contributed by atoms with Crippen molar-refractivity contribution in [3.05, 3.63) is 33.7 Å². The van der Waals surface area contributed by atoms with Crippen LogP contribution in [0.3, 0.4) is 0 Å². The Bertz CT molecular complexity index is 783. The van der Waals surface area contributed by atoms with E-state index in [1.807, 2.05) is 0 Å². The van der Waals surface area contributed by atoms with E-state index in [4.69, 9.17) is 23.8 Å². The number of thioether (sulfide) groups is 1. The number of fused-ring (bicyclic) bond motifs is 1. The Labute approximate surface area is 130 Å². The fraction of sp³-hybridized carbons (Fsp3) is 0.167. The van der Waals surface area contributed by atoms with Gasteiger partial charge in [-0.1, -0.05) is 41.6 Å². The summed E-state index contributed by atoms with van der Waals surface area (Å²) in [6.07, 6.45) is 0.301. The quantitative estimate of drug-likeness (QED) is 0.577. The van der Waals surface area contributed by atoms with Gasteiger partial charge in [0.05, 0.1) is 15.6 Å². The number of carbonyl (C=O) groups is 1. The van der Waals surface area contributed by atoms with Gasteiger partial charge >= 0.3 is 0 Å². The SMILES string of the molecule is O=C1NC(=S)S/C1=C1/CCS(=O)(=O)c2cc(Cl)ccc21. The van der Waals surface area contributed by atoms with Crippen LogP contribution in [0.1, 0.15) is 12.0 Å². The van der Waals surface area contributed by atoms with Crippen molar-refractivity contribution in [3.63, 3.8) is 0 Å². The largest absolute Gasteiger partial charge is 0.307 e. The lowest BCUT2D eigenvalue weighted by Gasteiger charge is -2.20. The van der Waals surface area contributed by atoms with Gasteiger partial charge in [0.15, 0.2) is 9.84 Å². The van der Waals surface area contributed by atoms with Gasteiger partial charge in [-0.2, -0.15) is 0 Å². The van der Waals surface area contributed by atoms with E-state index in [9.17, 15) is 13.2 Å². The highest BCUT2D eigenvalue weighted by atomic mass is 35.5. The molecule has 0 atom stereocenters. The molecule has 1 saturated heterocycles. The summed E-state index contributed by atoms with van der Waals surface area (Å²) in [5, 5.41) is 2.91. The van der Waals surface area contributed by atoms with Crippen molar-refractivity contribution in [3.8, 4) is 0 Å². The summed E-state index contributed by atoms with van der Waals surface area (Å²) >= 11 is 12.0. The number of thiocarbonyl (C=S) groups is 1. The molecule has 0 aliphatic carbocycles. The summed E-state index contributed by atoms with van der Waals surface area (Å²) in [5.74, 6) is -0.296. The lowest BCUT2D eigenvalue weighted by Crippen LogP contribution is -2.20. The topological polar surface area (TPSA) is 63.2 Å². The van der Waals surface area contributed by atoms with E-state index < -0.39 is 9.84 Å². The summed E-state index contributed by atoms with van der Waals surface area (Å²) < 4.78 is 24.6.